The number of aromatic carboxylic acids is 1. The molecule has 1 unspecified atom stereocenters. The molecule has 0 saturated heterocycles. The Morgan fingerprint density at radius 2 is 2.03 bits per heavy atom. The van der Waals surface area contributed by atoms with E-state index in [-0.39, 0.29) is 16.9 Å². The summed E-state index contributed by atoms with van der Waals surface area (Å²) in [7, 11) is 1.87. The molecule has 0 saturated carbocycles. The van der Waals surface area contributed by atoms with Gasteiger partial charge in [0.1, 0.15) is 11.9 Å². The zero-order valence-corrected chi connectivity index (χ0v) is 16.1. The van der Waals surface area contributed by atoms with Gasteiger partial charge in [-0.2, -0.15) is 0 Å². The predicted octanol–water partition coefficient (Wildman–Crippen LogP) is 4.03. The first kappa shape index (κ1) is 20.3. The minimum atomic E-state index is -1.16. The maximum atomic E-state index is 13.7. The van der Waals surface area contributed by atoms with Crippen LogP contribution in [0.1, 0.15) is 34.5 Å². The number of benzene rings is 2. The van der Waals surface area contributed by atoms with Gasteiger partial charge in [0.2, 0.25) is 0 Å². The normalized spacial score (nSPS) is 11.8. The van der Waals surface area contributed by atoms with Gasteiger partial charge in [-0.25, -0.2) is 14.2 Å². The number of rotatable bonds is 7. The van der Waals surface area contributed by atoms with Gasteiger partial charge in [-0.1, -0.05) is 24.3 Å². The Hall–Kier alpha value is -3.45. The lowest BCUT2D eigenvalue weighted by Gasteiger charge is -2.19. The summed E-state index contributed by atoms with van der Waals surface area (Å²) in [6, 6.07) is 13.1. The van der Waals surface area contributed by atoms with Gasteiger partial charge in [-0.3, -0.25) is 0 Å². The zero-order chi connectivity index (χ0) is 21.0. The smallest absolute Gasteiger partial charge is 0.336 e. The molecule has 0 aliphatic carbocycles. The quantitative estimate of drug-likeness (QED) is 0.559. The molecule has 4 N–H and O–H groups in total. The number of nitrogens with two attached hydrogens (primary N) is 1. The minimum Gasteiger partial charge on any atom is -0.482 e. The number of carbonyl (C=O) groups is 1. The fourth-order valence-corrected chi connectivity index (χ4v) is 3.16. The number of ether oxygens (including phenoxy) is 1. The summed E-state index contributed by atoms with van der Waals surface area (Å²) in [4.78, 5) is 15.7. The molecule has 1 aromatic heterocycles. The van der Waals surface area contributed by atoms with Crippen LogP contribution in [0.15, 0.2) is 54.7 Å². The first-order valence-corrected chi connectivity index (χ1v) is 9.08. The van der Waals surface area contributed by atoms with Gasteiger partial charge in [0.15, 0.2) is 11.6 Å². The number of anilines is 1. The molecular formula is C22H22FN3O3. The molecule has 0 aliphatic heterocycles. The van der Waals surface area contributed by atoms with E-state index in [2.05, 4.69) is 10.3 Å². The van der Waals surface area contributed by atoms with E-state index >= 15 is 0 Å². The van der Waals surface area contributed by atoms with Crippen molar-refractivity contribution in [3.05, 3.63) is 77.2 Å². The standard InChI is InChI=1S/C22H22FN3O3/c1-13(19-10-16(23)7-8-18(19)22(27)28)29-20-9-15(12-26-21(20)24)17-6-4-3-5-14(17)11-25-2/h3-10,12-13,25H,11H2,1-2H3,(H2,24,26)(H,27,28). The predicted molar refractivity (Wildman–Crippen MR) is 109 cm³/mol. The molecule has 29 heavy (non-hydrogen) atoms. The second kappa shape index (κ2) is 8.70. The first-order chi connectivity index (χ1) is 13.9. The van der Waals surface area contributed by atoms with Crippen LogP contribution in [0, 0.1) is 5.82 Å². The summed E-state index contributed by atoms with van der Waals surface area (Å²) in [6.07, 6.45) is 0.912. The van der Waals surface area contributed by atoms with Crippen molar-refractivity contribution in [3.63, 3.8) is 0 Å². The molecule has 3 aromatic rings. The number of hydrogen-bond donors (Lipinski definition) is 3. The Morgan fingerprint density at radius 1 is 1.28 bits per heavy atom. The number of pyridine rings is 1. The molecule has 0 bridgehead atoms. The van der Waals surface area contributed by atoms with E-state index in [0.29, 0.717) is 12.3 Å². The number of nitrogen functional groups attached to an aromatic ring is 1. The zero-order valence-electron chi connectivity index (χ0n) is 16.1. The summed E-state index contributed by atoms with van der Waals surface area (Å²) >= 11 is 0. The Morgan fingerprint density at radius 3 is 2.76 bits per heavy atom. The highest BCUT2D eigenvalue weighted by atomic mass is 19.1. The molecule has 6 nitrogen and oxygen atoms in total. The van der Waals surface area contributed by atoms with E-state index in [1.54, 1.807) is 19.2 Å². The van der Waals surface area contributed by atoms with Gasteiger partial charge in [-0.05, 0) is 49.4 Å². The first-order valence-electron chi connectivity index (χ1n) is 9.08. The Kier molecular flexibility index (Phi) is 6.09. The van der Waals surface area contributed by atoms with Crippen molar-refractivity contribution < 1.29 is 19.0 Å². The molecule has 1 heterocycles. The lowest BCUT2D eigenvalue weighted by atomic mass is 10.0. The van der Waals surface area contributed by atoms with Crippen LogP contribution in [0.3, 0.4) is 0 Å². The van der Waals surface area contributed by atoms with Crippen LogP contribution in [-0.4, -0.2) is 23.1 Å². The van der Waals surface area contributed by atoms with Crippen LogP contribution >= 0.6 is 0 Å². The Balaban J connectivity index is 1.96. The van der Waals surface area contributed by atoms with Crippen LogP contribution in [0.2, 0.25) is 0 Å². The number of hydrogen-bond acceptors (Lipinski definition) is 5. The van der Waals surface area contributed by atoms with Gasteiger partial charge in [0.25, 0.3) is 0 Å². The summed E-state index contributed by atoms with van der Waals surface area (Å²) in [5, 5.41) is 12.5. The Labute approximate surface area is 168 Å². The van der Waals surface area contributed by atoms with Gasteiger partial charge in [-0.15, -0.1) is 0 Å². The van der Waals surface area contributed by atoms with Crippen LogP contribution in [0.4, 0.5) is 10.2 Å². The van der Waals surface area contributed by atoms with E-state index in [0.717, 1.165) is 28.8 Å². The van der Waals surface area contributed by atoms with E-state index in [1.165, 1.54) is 6.07 Å². The number of halogens is 1. The molecule has 0 aliphatic rings. The van der Waals surface area contributed by atoms with E-state index in [1.807, 2.05) is 31.3 Å². The third-order valence-corrected chi connectivity index (χ3v) is 4.56. The largest absolute Gasteiger partial charge is 0.482 e. The number of carboxylic acid groups (broad SMARTS) is 1. The van der Waals surface area contributed by atoms with Crippen LogP contribution in [0.25, 0.3) is 11.1 Å². The SMILES string of the molecule is CNCc1ccccc1-c1cnc(N)c(OC(C)c2cc(F)ccc2C(=O)O)c1. The molecule has 0 amide bonds. The Bertz CT molecular complexity index is 1040. The molecule has 150 valence electrons. The van der Waals surface area contributed by atoms with Gasteiger partial charge in [0, 0.05) is 23.9 Å². The maximum absolute atomic E-state index is 13.7. The maximum Gasteiger partial charge on any atom is 0.336 e. The molecule has 2 aromatic carbocycles. The van der Waals surface area contributed by atoms with Crippen molar-refractivity contribution >= 4 is 11.8 Å². The van der Waals surface area contributed by atoms with E-state index in [4.69, 9.17) is 10.5 Å². The van der Waals surface area contributed by atoms with Crippen molar-refractivity contribution in [3.8, 4) is 16.9 Å². The molecule has 7 heteroatoms. The van der Waals surface area contributed by atoms with Crippen molar-refractivity contribution in [2.75, 3.05) is 12.8 Å². The highest BCUT2D eigenvalue weighted by Crippen LogP contribution is 2.33. The van der Waals surface area contributed by atoms with Crippen molar-refractivity contribution in [2.45, 2.75) is 19.6 Å². The number of carboxylic acids is 1. The van der Waals surface area contributed by atoms with Gasteiger partial charge in [0.05, 0.1) is 5.56 Å². The fourth-order valence-electron chi connectivity index (χ4n) is 3.16. The number of nitrogens with one attached hydrogen (secondary N) is 1. The average molecular weight is 395 g/mol. The molecule has 0 spiro atoms. The fraction of sp³-hybridized carbons (Fsp3) is 0.182. The van der Waals surface area contributed by atoms with Crippen LogP contribution in [0.5, 0.6) is 5.75 Å². The average Bonchev–Trinajstić information content (AvgIpc) is 2.70. The molecule has 0 radical (unpaired) electrons. The monoisotopic (exact) mass is 395 g/mol. The minimum absolute atomic E-state index is 0.0269. The lowest BCUT2D eigenvalue weighted by Crippen LogP contribution is -2.12. The van der Waals surface area contributed by atoms with Crippen molar-refractivity contribution in [1.82, 2.24) is 10.3 Å². The summed E-state index contributed by atoms with van der Waals surface area (Å²) < 4.78 is 19.6. The van der Waals surface area contributed by atoms with Crippen molar-refractivity contribution in [2.24, 2.45) is 0 Å². The number of aromatic nitrogens is 1. The summed E-state index contributed by atoms with van der Waals surface area (Å²) in [5.74, 6) is -1.23. The third kappa shape index (κ3) is 4.52. The molecule has 3 rings (SSSR count). The van der Waals surface area contributed by atoms with Crippen LogP contribution in [-0.2, 0) is 6.54 Å². The highest BCUT2D eigenvalue weighted by molar-refractivity contribution is 5.89. The van der Waals surface area contributed by atoms with E-state index in [9.17, 15) is 14.3 Å². The molecule has 1 atom stereocenters. The summed E-state index contributed by atoms with van der Waals surface area (Å²) in [5.41, 5.74) is 9.04. The van der Waals surface area contributed by atoms with Gasteiger partial charge >= 0.3 is 5.97 Å². The number of nitrogens with zero attached hydrogens (tertiary/aromatic N) is 1. The van der Waals surface area contributed by atoms with E-state index < -0.39 is 17.9 Å². The second-order valence-corrected chi connectivity index (χ2v) is 6.59. The van der Waals surface area contributed by atoms with Crippen molar-refractivity contribution in [1.29, 1.82) is 0 Å². The second-order valence-electron chi connectivity index (χ2n) is 6.59. The topological polar surface area (TPSA) is 97.5 Å². The van der Waals surface area contributed by atoms with Crippen LogP contribution < -0.4 is 15.8 Å². The lowest BCUT2D eigenvalue weighted by molar-refractivity contribution is 0.0691. The van der Waals surface area contributed by atoms with Gasteiger partial charge < -0.3 is 20.9 Å². The summed E-state index contributed by atoms with van der Waals surface area (Å²) in [6.45, 7) is 2.32. The molecular weight excluding hydrogens is 373 g/mol. The molecule has 0 fully saturated rings. The highest BCUT2D eigenvalue weighted by Gasteiger charge is 2.19. The third-order valence-electron chi connectivity index (χ3n) is 4.56.